The maximum Gasteiger partial charge on any atom is 0.154 e. The average molecular weight is 376 g/mol. The number of likely N-dealkylation sites (N-methyl/N-ethyl adjacent to an activating group) is 1. The Hall–Kier alpha value is -2.72. The van der Waals surface area contributed by atoms with E-state index in [1.807, 2.05) is 32.2 Å². The second-order valence-electron chi connectivity index (χ2n) is 7.50. The maximum absolute atomic E-state index is 12.5. The number of nitrogen functional groups attached to an aromatic ring is 1. The quantitative estimate of drug-likeness (QED) is 0.749. The van der Waals surface area contributed by atoms with Crippen LogP contribution in [0.15, 0.2) is 53.6 Å². The number of benzene rings is 1. The van der Waals surface area contributed by atoms with Gasteiger partial charge < -0.3 is 11.1 Å². The van der Waals surface area contributed by atoms with Gasteiger partial charge in [0.1, 0.15) is 0 Å². The molecule has 4 heteroatoms. The minimum atomic E-state index is -0.300. The monoisotopic (exact) mass is 375 g/mol. The summed E-state index contributed by atoms with van der Waals surface area (Å²) in [5.74, 6) is 0.220. The van der Waals surface area contributed by atoms with Crippen LogP contribution >= 0.6 is 0 Å². The van der Waals surface area contributed by atoms with Crippen LogP contribution < -0.4 is 11.1 Å². The van der Waals surface area contributed by atoms with Gasteiger partial charge in [-0.25, -0.2) is 4.98 Å². The molecule has 0 amide bonds. The van der Waals surface area contributed by atoms with Crippen LogP contribution in [0, 0.1) is 0 Å². The lowest BCUT2D eigenvalue weighted by atomic mass is 9.82. The molecule has 0 fully saturated rings. The number of nitrogens with two attached hydrogens (primary N) is 1. The van der Waals surface area contributed by atoms with E-state index in [4.69, 9.17) is 10.7 Å². The van der Waals surface area contributed by atoms with E-state index in [1.54, 1.807) is 0 Å². The van der Waals surface area contributed by atoms with E-state index in [0.717, 1.165) is 51.7 Å². The first-order valence-corrected chi connectivity index (χ1v) is 9.83. The van der Waals surface area contributed by atoms with Crippen LogP contribution in [0.5, 0.6) is 0 Å². The van der Waals surface area contributed by atoms with Crippen molar-refractivity contribution in [2.75, 3.05) is 12.8 Å². The molecule has 0 saturated heterocycles. The zero-order valence-electron chi connectivity index (χ0n) is 17.2. The van der Waals surface area contributed by atoms with Gasteiger partial charge in [0.15, 0.2) is 5.78 Å². The van der Waals surface area contributed by atoms with Gasteiger partial charge in [-0.05, 0) is 68.2 Å². The van der Waals surface area contributed by atoms with Crippen molar-refractivity contribution in [3.63, 3.8) is 0 Å². The van der Waals surface area contributed by atoms with Crippen LogP contribution in [0.1, 0.15) is 44.9 Å². The molecule has 1 aliphatic rings. The third-order valence-electron chi connectivity index (χ3n) is 5.49. The molecular formula is C24H29N3O. The van der Waals surface area contributed by atoms with E-state index in [2.05, 4.69) is 37.9 Å². The van der Waals surface area contributed by atoms with Gasteiger partial charge in [-0.3, -0.25) is 4.79 Å². The number of allylic oxidation sites excluding steroid dienone is 3. The first-order valence-electron chi connectivity index (χ1n) is 9.83. The number of para-hydroxylation sites is 1. The number of carbonyl (C=O) groups is 1. The number of rotatable bonds is 5. The van der Waals surface area contributed by atoms with Gasteiger partial charge in [-0.15, -0.1) is 0 Å². The summed E-state index contributed by atoms with van der Waals surface area (Å²) in [7, 11) is 1.83. The molecule has 0 saturated carbocycles. The van der Waals surface area contributed by atoms with Gasteiger partial charge in [0.2, 0.25) is 0 Å². The molecule has 0 spiro atoms. The number of anilines is 1. The lowest BCUT2D eigenvalue weighted by molar-refractivity contribution is -0.120. The second-order valence-corrected chi connectivity index (χ2v) is 7.50. The fourth-order valence-corrected chi connectivity index (χ4v) is 4.01. The molecule has 0 bridgehead atoms. The van der Waals surface area contributed by atoms with E-state index in [9.17, 15) is 4.79 Å². The Morgan fingerprint density at radius 2 is 2.11 bits per heavy atom. The smallest absolute Gasteiger partial charge is 0.154 e. The standard InChI is InChI=1S/C24H29N3O/c1-6-16-13-17-8-7-9-20(25)23(17)27-22(16)15(4)12-19-18(14(2)3)10-11-21(28)24(19)26-5/h7-9,12-13,24,26H,2,6,10-11,25H2,1,3-5H3/b15-12+. The lowest BCUT2D eigenvalue weighted by Crippen LogP contribution is -2.38. The summed E-state index contributed by atoms with van der Waals surface area (Å²) in [5.41, 5.74) is 14.0. The van der Waals surface area contributed by atoms with E-state index in [-0.39, 0.29) is 11.8 Å². The second kappa shape index (κ2) is 8.11. The number of nitrogens with zero attached hydrogens (tertiary/aromatic N) is 1. The Kier molecular flexibility index (Phi) is 5.80. The normalized spacial score (nSPS) is 18.1. The highest BCUT2D eigenvalue weighted by Crippen LogP contribution is 2.32. The highest BCUT2D eigenvalue weighted by atomic mass is 16.1. The van der Waals surface area contributed by atoms with E-state index >= 15 is 0 Å². The summed E-state index contributed by atoms with van der Waals surface area (Å²) in [6, 6.07) is 7.74. The number of fused-ring (bicyclic) bond motifs is 1. The third kappa shape index (κ3) is 3.65. The first-order chi connectivity index (χ1) is 13.4. The van der Waals surface area contributed by atoms with Gasteiger partial charge in [0.05, 0.1) is 22.9 Å². The molecular weight excluding hydrogens is 346 g/mol. The number of hydrogen-bond donors (Lipinski definition) is 2. The first kappa shape index (κ1) is 20.0. The zero-order chi connectivity index (χ0) is 20.4. The Morgan fingerprint density at radius 1 is 1.36 bits per heavy atom. The van der Waals surface area contributed by atoms with Crippen LogP contribution in [0.3, 0.4) is 0 Å². The number of nitrogens with one attached hydrogen (secondary N) is 1. The fourth-order valence-electron chi connectivity index (χ4n) is 4.01. The van der Waals surface area contributed by atoms with Crippen LogP contribution in [0.2, 0.25) is 0 Å². The Morgan fingerprint density at radius 3 is 2.75 bits per heavy atom. The average Bonchev–Trinajstić information content (AvgIpc) is 2.67. The molecule has 0 radical (unpaired) electrons. The summed E-state index contributed by atoms with van der Waals surface area (Å²) in [6.07, 6.45) is 4.27. The van der Waals surface area contributed by atoms with Crippen molar-refractivity contribution in [2.24, 2.45) is 0 Å². The molecule has 1 heterocycles. The molecule has 2 aromatic rings. The zero-order valence-corrected chi connectivity index (χ0v) is 17.2. The molecule has 4 nitrogen and oxygen atoms in total. The number of aromatic nitrogens is 1. The number of aryl methyl sites for hydroxylation is 1. The van der Waals surface area contributed by atoms with Gasteiger partial charge in [-0.1, -0.05) is 37.3 Å². The van der Waals surface area contributed by atoms with Crippen LogP contribution in [0.4, 0.5) is 5.69 Å². The molecule has 3 N–H and O–H groups in total. The molecule has 1 atom stereocenters. The SMILES string of the molecule is C=C(C)C1=C(/C=C(\C)c2nc3c(N)cccc3cc2CC)C(NC)C(=O)CC1. The van der Waals surface area contributed by atoms with Crippen LogP contribution in [-0.4, -0.2) is 23.9 Å². The topological polar surface area (TPSA) is 68.0 Å². The lowest BCUT2D eigenvalue weighted by Gasteiger charge is -2.26. The van der Waals surface area contributed by atoms with Crippen LogP contribution in [0.25, 0.3) is 16.5 Å². The largest absolute Gasteiger partial charge is 0.397 e. The van der Waals surface area contributed by atoms with Crippen molar-refractivity contribution in [2.45, 2.75) is 46.1 Å². The van der Waals surface area contributed by atoms with Crippen molar-refractivity contribution in [1.82, 2.24) is 10.3 Å². The van der Waals surface area contributed by atoms with E-state index in [1.165, 1.54) is 5.56 Å². The van der Waals surface area contributed by atoms with Crippen LogP contribution in [-0.2, 0) is 11.2 Å². The van der Waals surface area contributed by atoms with Gasteiger partial charge in [0.25, 0.3) is 0 Å². The van der Waals surface area contributed by atoms with E-state index < -0.39 is 0 Å². The van der Waals surface area contributed by atoms with Crippen molar-refractivity contribution in [3.05, 3.63) is 64.9 Å². The molecule has 28 heavy (non-hydrogen) atoms. The number of hydrogen-bond acceptors (Lipinski definition) is 4. The summed E-state index contributed by atoms with van der Waals surface area (Å²) in [6.45, 7) is 10.3. The molecule has 1 unspecified atom stereocenters. The van der Waals surface area contributed by atoms with Crippen molar-refractivity contribution in [1.29, 1.82) is 0 Å². The molecule has 1 aliphatic carbocycles. The molecule has 0 aliphatic heterocycles. The Bertz CT molecular complexity index is 1010. The molecule has 1 aromatic heterocycles. The Balaban J connectivity index is 2.20. The fraction of sp³-hybridized carbons (Fsp3) is 0.333. The van der Waals surface area contributed by atoms with Gasteiger partial charge in [-0.2, -0.15) is 0 Å². The van der Waals surface area contributed by atoms with Crippen molar-refractivity contribution >= 4 is 27.9 Å². The predicted octanol–water partition coefficient (Wildman–Crippen LogP) is 4.61. The highest BCUT2D eigenvalue weighted by molar-refractivity contribution is 5.93. The maximum atomic E-state index is 12.5. The van der Waals surface area contributed by atoms with Crippen molar-refractivity contribution < 1.29 is 4.79 Å². The number of carbonyl (C=O) groups excluding carboxylic acids is 1. The summed E-state index contributed by atoms with van der Waals surface area (Å²) in [5, 5.41) is 4.23. The minimum Gasteiger partial charge on any atom is -0.397 e. The molecule has 146 valence electrons. The summed E-state index contributed by atoms with van der Waals surface area (Å²) in [4.78, 5) is 17.4. The Labute approximate surface area is 167 Å². The molecule has 1 aromatic carbocycles. The molecule has 3 rings (SSSR count). The third-order valence-corrected chi connectivity index (χ3v) is 5.49. The predicted molar refractivity (Wildman–Crippen MR) is 118 cm³/mol. The number of pyridine rings is 1. The number of Topliss-reactive ketones (excluding diaryl/α,β-unsaturated/α-hetero) is 1. The summed E-state index contributed by atoms with van der Waals surface area (Å²) >= 11 is 0. The minimum absolute atomic E-state index is 0.220. The van der Waals surface area contributed by atoms with Gasteiger partial charge >= 0.3 is 0 Å². The van der Waals surface area contributed by atoms with E-state index in [0.29, 0.717) is 12.1 Å². The number of ketones is 1. The summed E-state index contributed by atoms with van der Waals surface area (Å²) < 4.78 is 0. The highest BCUT2D eigenvalue weighted by Gasteiger charge is 2.28. The van der Waals surface area contributed by atoms with Gasteiger partial charge in [0, 0.05) is 11.8 Å². The van der Waals surface area contributed by atoms with Crippen molar-refractivity contribution in [3.8, 4) is 0 Å².